The van der Waals surface area contributed by atoms with Gasteiger partial charge < -0.3 is 10.5 Å². The maximum Gasteiger partial charge on any atom is 0.340 e. The zero-order valence-corrected chi connectivity index (χ0v) is 12.4. The van der Waals surface area contributed by atoms with Gasteiger partial charge in [-0.15, -0.1) is 0 Å². The Labute approximate surface area is 126 Å². The standard InChI is InChI=1S/C14H13ClN2O2S/c1-19-14(18)10-6-7-17-13(12(10)16)20-8-9-4-2-3-5-11(9)15/h2-7H,8,16H2,1H3. The number of halogens is 1. The summed E-state index contributed by atoms with van der Waals surface area (Å²) in [5.74, 6) is 0.158. The molecule has 4 nitrogen and oxygen atoms in total. The first-order valence-electron chi connectivity index (χ1n) is 5.82. The number of carbonyl (C=O) groups excluding carboxylic acids is 1. The molecule has 20 heavy (non-hydrogen) atoms. The Morgan fingerprint density at radius 1 is 1.40 bits per heavy atom. The molecule has 1 aromatic carbocycles. The van der Waals surface area contributed by atoms with E-state index in [1.807, 2.05) is 24.3 Å². The fourth-order valence-corrected chi connectivity index (χ4v) is 2.85. The second-order valence-corrected chi connectivity index (χ2v) is 5.32. The lowest BCUT2D eigenvalue weighted by Crippen LogP contribution is -2.07. The fraction of sp³-hybridized carbons (Fsp3) is 0.143. The number of ether oxygens (including phenoxy) is 1. The van der Waals surface area contributed by atoms with Crippen LogP contribution in [0.25, 0.3) is 0 Å². The molecule has 0 saturated carbocycles. The molecule has 0 saturated heterocycles. The molecule has 0 unspecified atom stereocenters. The molecule has 1 aromatic heterocycles. The number of nitrogens with two attached hydrogens (primary N) is 1. The van der Waals surface area contributed by atoms with Gasteiger partial charge in [0.15, 0.2) is 0 Å². The first-order valence-corrected chi connectivity index (χ1v) is 7.19. The highest BCUT2D eigenvalue weighted by atomic mass is 35.5. The summed E-state index contributed by atoms with van der Waals surface area (Å²) in [4.78, 5) is 15.7. The number of carbonyl (C=O) groups is 1. The average molecular weight is 309 g/mol. The van der Waals surface area contributed by atoms with Gasteiger partial charge >= 0.3 is 5.97 Å². The third-order valence-corrected chi connectivity index (χ3v) is 4.10. The molecule has 0 aliphatic rings. The first kappa shape index (κ1) is 14.7. The van der Waals surface area contributed by atoms with Crippen LogP contribution in [0.15, 0.2) is 41.6 Å². The monoisotopic (exact) mass is 308 g/mol. The van der Waals surface area contributed by atoms with E-state index in [0.717, 1.165) is 5.56 Å². The molecular formula is C14H13ClN2O2S. The van der Waals surface area contributed by atoms with Gasteiger partial charge in [-0.05, 0) is 17.7 Å². The number of hydrogen-bond acceptors (Lipinski definition) is 5. The van der Waals surface area contributed by atoms with E-state index in [1.165, 1.54) is 25.1 Å². The first-order chi connectivity index (χ1) is 9.63. The third-order valence-electron chi connectivity index (χ3n) is 2.68. The number of hydrogen-bond donors (Lipinski definition) is 1. The van der Waals surface area contributed by atoms with E-state index < -0.39 is 5.97 Å². The molecule has 0 amide bonds. The molecular weight excluding hydrogens is 296 g/mol. The molecule has 6 heteroatoms. The van der Waals surface area contributed by atoms with Gasteiger partial charge in [0.2, 0.25) is 0 Å². The summed E-state index contributed by atoms with van der Waals surface area (Å²) < 4.78 is 4.68. The van der Waals surface area contributed by atoms with Crippen molar-refractivity contribution in [2.75, 3.05) is 12.8 Å². The van der Waals surface area contributed by atoms with Gasteiger partial charge in [-0.1, -0.05) is 41.6 Å². The summed E-state index contributed by atoms with van der Waals surface area (Å²) in [6.07, 6.45) is 1.54. The quantitative estimate of drug-likeness (QED) is 0.692. The number of thioether (sulfide) groups is 1. The van der Waals surface area contributed by atoms with E-state index in [9.17, 15) is 4.79 Å². The molecule has 0 spiro atoms. The van der Waals surface area contributed by atoms with Crippen LogP contribution < -0.4 is 5.73 Å². The second-order valence-electron chi connectivity index (χ2n) is 3.95. The van der Waals surface area contributed by atoms with Gasteiger partial charge in [0.05, 0.1) is 18.4 Å². The molecule has 2 rings (SSSR count). The van der Waals surface area contributed by atoms with Crippen LogP contribution in [0.4, 0.5) is 5.69 Å². The molecule has 0 radical (unpaired) electrons. The Balaban J connectivity index is 2.18. The van der Waals surface area contributed by atoms with Gasteiger partial charge in [-0.3, -0.25) is 0 Å². The van der Waals surface area contributed by atoms with Crippen molar-refractivity contribution in [3.63, 3.8) is 0 Å². The second kappa shape index (κ2) is 6.63. The maximum absolute atomic E-state index is 11.6. The minimum atomic E-state index is -0.468. The summed E-state index contributed by atoms with van der Waals surface area (Å²) in [7, 11) is 1.32. The normalized spacial score (nSPS) is 10.3. The molecule has 0 atom stereocenters. The maximum atomic E-state index is 11.6. The minimum Gasteiger partial charge on any atom is -0.465 e. The van der Waals surface area contributed by atoms with Crippen LogP contribution in [0.3, 0.4) is 0 Å². The lowest BCUT2D eigenvalue weighted by molar-refractivity contribution is 0.0601. The highest BCUT2D eigenvalue weighted by Crippen LogP contribution is 2.30. The summed E-state index contributed by atoms with van der Waals surface area (Å²) in [5.41, 5.74) is 7.59. The largest absolute Gasteiger partial charge is 0.465 e. The summed E-state index contributed by atoms with van der Waals surface area (Å²) in [6.45, 7) is 0. The smallest absolute Gasteiger partial charge is 0.340 e. The van der Waals surface area contributed by atoms with Crippen LogP contribution in [0.5, 0.6) is 0 Å². The number of pyridine rings is 1. The number of anilines is 1. The van der Waals surface area contributed by atoms with Crippen LogP contribution >= 0.6 is 23.4 Å². The van der Waals surface area contributed by atoms with Crippen molar-refractivity contribution in [2.24, 2.45) is 0 Å². The van der Waals surface area contributed by atoms with Crippen molar-refractivity contribution in [3.05, 3.63) is 52.7 Å². The van der Waals surface area contributed by atoms with E-state index in [4.69, 9.17) is 17.3 Å². The lowest BCUT2D eigenvalue weighted by atomic mass is 10.2. The lowest BCUT2D eigenvalue weighted by Gasteiger charge is -2.08. The number of methoxy groups -OCH3 is 1. The predicted molar refractivity (Wildman–Crippen MR) is 81.0 cm³/mol. The minimum absolute atomic E-state index is 0.323. The van der Waals surface area contributed by atoms with Gasteiger partial charge in [0.25, 0.3) is 0 Å². The Morgan fingerprint density at radius 2 is 2.15 bits per heavy atom. The molecule has 0 aliphatic heterocycles. The van der Waals surface area contributed by atoms with Crippen molar-refractivity contribution in [1.82, 2.24) is 4.98 Å². The van der Waals surface area contributed by atoms with E-state index >= 15 is 0 Å². The number of nitrogen functional groups attached to an aromatic ring is 1. The number of nitrogens with zero attached hydrogens (tertiary/aromatic N) is 1. The molecule has 0 aliphatic carbocycles. The van der Waals surface area contributed by atoms with Crippen LogP contribution in [-0.4, -0.2) is 18.1 Å². The number of benzene rings is 1. The highest BCUT2D eigenvalue weighted by Gasteiger charge is 2.14. The molecule has 2 aromatic rings. The van der Waals surface area contributed by atoms with E-state index in [1.54, 1.807) is 6.07 Å². The fourth-order valence-electron chi connectivity index (χ4n) is 1.62. The Bertz CT molecular complexity index is 634. The molecule has 0 fully saturated rings. The van der Waals surface area contributed by atoms with Gasteiger partial charge in [-0.2, -0.15) is 0 Å². The zero-order chi connectivity index (χ0) is 14.5. The molecule has 104 valence electrons. The van der Waals surface area contributed by atoms with E-state index in [0.29, 0.717) is 27.1 Å². The molecule has 1 heterocycles. The molecule has 2 N–H and O–H groups in total. The third kappa shape index (κ3) is 3.23. The number of aromatic nitrogens is 1. The van der Waals surface area contributed by atoms with Gasteiger partial charge in [-0.25, -0.2) is 9.78 Å². The Kier molecular flexibility index (Phi) is 4.87. The SMILES string of the molecule is COC(=O)c1ccnc(SCc2ccccc2Cl)c1N. The van der Waals surface area contributed by atoms with Crippen LogP contribution in [-0.2, 0) is 10.5 Å². The zero-order valence-electron chi connectivity index (χ0n) is 10.8. The highest BCUT2D eigenvalue weighted by molar-refractivity contribution is 7.98. The average Bonchev–Trinajstić information content (AvgIpc) is 2.47. The van der Waals surface area contributed by atoms with Crippen molar-refractivity contribution >= 4 is 35.0 Å². The summed E-state index contributed by atoms with van der Waals surface area (Å²) >= 11 is 7.52. The van der Waals surface area contributed by atoms with E-state index in [-0.39, 0.29) is 0 Å². The topological polar surface area (TPSA) is 65.2 Å². The van der Waals surface area contributed by atoms with Crippen molar-refractivity contribution in [2.45, 2.75) is 10.8 Å². The van der Waals surface area contributed by atoms with Crippen molar-refractivity contribution < 1.29 is 9.53 Å². The number of rotatable bonds is 4. The van der Waals surface area contributed by atoms with Crippen molar-refractivity contribution in [1.29, 1.82) is 0 Å². The van der Waals surface area contributed by atoms with Gasteiger partial charge in [0.1, 0.15) is 5.03 Å². The van der Waals surface area contributed by atoms with Crippen LogP contribution in [0.1, 0.15) is 15.9 Å². The predicted octanol–water partition coefficient (Wildman–Crippen LogP) is 3.40. The Hall–Kier alpha value is -1.72. The van der Waals surface area contributed by atoms with Crippen LogP contribution in [0, 0.1) is 0 Å². The summed E-state index contributed by atoms with van der Waals surface area (Å²) in [5, 5.41) is 1.29. The number of esters is 1. The Morgan fingerprint density at radius 3 is 2.85 bits per heavy atom. The molecule has 0 bridgehead atoms. The summed E-state index contributed by atoms with van der Waals surface area (Å²) in [6, 6.07) is 9.11. The van der Waals surface area contributed by atoms with Crippen molar-refractivity contribution in [3.8, 4) is 0 Å². The van der Waals surface area contributed by atoms with E-state index in [2.05, 4.69) is 9.72 Å². The van der Waals surface area contributed by atoms with Gasteiger partial charge in [0, 0.05) is 17.0 Å². The van der Waals surface area contributed by atoms with Crippen LogP contribution in [0.2, 0.25) is 5.02 Å².